The summed E-state index contributed by atoms with van der Waals surface area (Å²) < 4.78 is 80.6. The van der Waals surface area contributed by atoms with Crippen LogP contribution in [0.2, 0.25) is 10.0 Å². The summed E-state index contributed by atoms with van der Waals surface area (Å²) in [6, 6.07) is 4.92. The summed E-state index contributed by atoms with van der Waals surface area (Å²) in [6.45, 7) is 16.9. The second-order valence-corrected chi connectivity index (χ2v) is 44.9. The van der Waals surface area contributed by atoms with E-state index in [1.807, 2.05) is 26.0 Å². The van der Waals surface area contributed by atoms with Crippen molar-refractivity contribution in [1.29, 1.82) is 0 Å². The van der Waals surface area contributed by atoms with Gasteiger partial charge in [0.05, 0.1) is 119 Å². The van der Waals surface area contributed by atoms with Gasteiger partial charge in [-0.15, -0.1) is 47.0 Å². The predicted octanol–water partition coefficient (Wildman–Crippen LogP) is 8.97. The van der Waals surface area contributed by atoms with Gasteiger partial charge in [0.1, 0.15) is 88.1 Å². The third-order valence-electron chi connectivity index (χ3n) is 25.9. The highest BCUT2D eigenvalue weighted by Crippen LogP contribution is 2.52. The standard InChI is InChI=1S/C50H72ClN5O15S3.C46H68ClN5O15S.C4H6OS2/c1-31-11-9-13-40(65-8)50(63)25-39(69-48(62)53-50)32(2)46-49(4,71-46)41(24-44(60)56(6)37-22-34(21-31)23-38(64-7)45(37)51)70-47(61)33(3)55(5)43(59)14-20-72-29-42(58)52-15-17-67-19-18-66-16-10-12-36(57)26-68-54-35-27-73-30-74-28-35;1-28-11-9-13-36(61-8)46(59)25-35(65-44(58)50-46)29(2)42-45(4,67-42)37(24-40(56)52(6)33-22-31(21-28)23-34(60-7)41(33)47)66-43(57)30(3)51(5)39(55)14-20-68-27-38(54)49-15-17-63-19-18-62-16-10-12-32(53)26-64-48;5-4-1-6-3-7-2-4/h9,11,13,22-23,32-33,39-41,46,63H,10,12,14-21,24-30H2,1-8H3,(H,52,58)(H,53,62);9,11,13,22-23,29-30,35-37,42,59H,10,12,14-21,24-27,48H2,1-8H3,(H,49,54)(H,50,58);1-3H2/b13-9+,31-11+;13-9+,28-11+;/t32?,33-,39-,40+,41-,46-,49-,50-;29?,30-,35-,36+,37-,42-,45-,46-;/m00./s1. The zero-order valence-electron chi connectivity index (χ0n) is 87.5. The van der Waals surface area contributed by atoms with Gasteiger partial charge in [-0.1, -0.05) is 89.8 Å². The molecule has 0 aromatic heterocycles. The molecule has 2 aromatic rings. The second-order valence-electron chi connectivity index (χ2n) is 37.3. The van der Waals surface area contributed by atoms with Gasteiger partial charge in [0.25, 0.3) is 0 Å². The predicted molar refractivity (Wildman–Crippen MR) is 572 cm³/mol. The van der Waals surface area contributed by atoms with Crippen LogP contribution in [0, 0.1) is 11.8 Å². The maximum atomic E-state index is 14.3. The fourth-order valence-electron chi connectivity index (χ4n) is 16.8. The van der Waals surface area contributed by atoms with Gasteiger partial charge < -0.3 is 112 Å². The van der Waals surface area contributed by atoms with Crippen LogP contribution in [0.1, 0.15) is 131 Å². The lowest BCUT2D eigenvalue weighted by Gasteiger charge is -2.42. The fourth-order valence-corrected chi connectivity index (χ4v) is 22.9. The first-order valence-electron chi connectivity index (χ1n) is 49.0. The van der Waals surface area contributed by atoms with E-state index in [0.29, 0.717) is 118 Å². The Morgan fingerprint density at radius 1 is 0.577 bits per heavy atom. The largest absolute Gasteiger partial charge is 0.495 e. The van der Waals surface area contributed by atoms with Crippen molar-refractivity contribution < 1.29 is 149 Å². The van der Waals surface area contributed by atoms with Crippen molar-refractivity contribution in [2.45, 2.75) is 216 Å². The molecule has 0 radical (unpaired) electrons. The van der Waals surface area contributed by atoms with E-state index in [1.165, 1.54) is 99.5 Å². The number of esters is 2. The number of halogens is 2. The topological polar surface area (TPSA) is 516 Å². The molecule has 8 heterocycles. The van der Waals surface area contributed by atoms with Gasteiger partial charge in [0, 0.05) is 152 Å². The molecule has 16 atom stereocenters. The Morgan fingerprint density at radius 3 is 1.34 bits per heavy atom. The molecule has 49 heteroatoms. The molecular weight excluding hydrogens is 2100 g/mol. The Balaban J connectivity index is 0.000000341. The Labute approximate surface area is 906 Å². The monoisotopic (exact) mass is 2240 g/mol. The van der Waals surface area contributed by atoms with Crippen molar-refractivity contribution >= 4 is 188 Å². The third kappa shape index (κ3) is 39.7. The van der Waals surface area contributed by atoms with E-state index < -0.39 is 131 Å². The van der Waals surface area contributed by atoms with Gasteiger partial charge in [-0.25, -0.2) is 25.1 Å². The molecule has 8 aliphatic heterocycles. The number of benzene rings is 2. The average Bonchev–Trinajstić information content (AvgIpc) is 1.57. The van der Waals surface area contributed by atoms with E-state index in [0.717, 1.165) is 61.2 Å². The van der Waals surface area contributed by atoms with E-state index in [2.05, 4.69) is 31.3 Å². The Bertz CT molecular complexity index is 5000. The number of carbonyl (C=O) groups excluding carboxylic acids is 13. The van der Waals surface area contributed by atoms with Crippen LogP contribution in [0.3, 0.4) is 0 Å². The van der Waals surface area contributed by atoms with Crippen molar-refractivity contribution in [3.8, 4) is 11.5 Å². The van der Waals surface area contributed by atoms with Gasteiger partial charge in [-0.2, -0.15) is 23.5 Å². The molecule has 832 valence electrons. The third-order valence-corrected chi connectivity index (χ3v) is 33.3. The summed E-state index contributed by atoms with van der Waals surface area (Å²) in [7, 11) is 11.8. The number of nitrogens with zero attached hydrogens (tertiary/aromatic N) is 5. The number of thioether (sulfide) groups is 6. The van der Waals surface area contributed by atoms with E-state index in [4.69, 9.17) is 100 Å². The minimum atomic E-state index is -1.87. The van der Waals surface area contributed by atoms with Crippen LogP contribution in [0.15, 0.2) is 77.0 Å². The molecule has 8 bridgehead atoms. The lowest BCUT2D eigenvalue weighted by molar-refractivity contribution is -0.162. The number of oxime groups is 1. The van der Waals surface area contributed by atoms with Crippen molar-refractivity contribution in [2.24, 2.45) is 22.9 Å². The van der Waals surface area contributed by atoms with Crippen LogP contribution in [0.5, 0.6) is 11.5 Å². The lowest BCUT2D eigenvalue weighted by Crippen LogP contribution is -2.63. The molecule has 0 saturated carbocycles. The van der Waals surface area contributed by atoms with Crippen molar-refractivity contribution in [3.05, 3.63) is 93.0 Å². The molecule has 10 rings (SSSR count). The number of likely N-dealkylation sites (N-methyl/N-ethyl adjacent to an activating group) is 2. The van der Waals surface area contributed by atoms with E-state index in [9.17, 15) is 72.5 Å². The summed E-state index contributed by atoms with van der Waals surface area (Å²) in [5, 5.41) is 40.8. The number of methoxy groups -OCH3 is 4. The number of epoxide rings is 2. The number of hydrogen-bond acceptors (Lipinski definition) is 39. The van der Waals surface area contributed by atoms with Gasteiger partial charge >= 0.3 is 24.1 Å². The lowest BCUT2D eigenvalue weighted by atomic mass is 9.83. The highest BCUT2D eigenvalue weighted by atomic mass is 35.5. The molecule has 8 N–H and O–H groups in total. The van der Waals surface area contributed by atoms with Crippen LogP contribution in [-0.4, -0.2) is 378 Å². The number of carbonyl (C=O) groups is 13. The quantitative estimate of drug-likeness (QED) is 0.0107. The second kappa shape index (κ2) is 63.1. The Kier molecular flexibility index (Phi) is 53.4. The van der Waals surface area contributed by atoms with E-state index in [-0.39, 0.29) is 135 Å². The van der Waals surface area contributed by atoms with Gasteiger partial charge in [-0.3, -0.25) is 58.6 Å². The molecule has 8 amide bonds. The summed E-state index contributed by atoms with van der Waals surface area (Å²) in [4.78, 5) is 182. The van der Waals surface area contributed by atoms with Crippen LogP contribution in [0.4, 0.5) is 21.0 Å². The number of nitrogens with two attached hydrogens (primary N) is 1. The smallest absolute Gasteiger partial charge is 0.409 e. The molecule has 8 aliphatic rings. The molecule has 41 nitrogen and oxygen atoms in total. The van der Waals surface area contributed by atoms with Crippen LogP contribution in [-0.2, 0) is 132 Å². The van der Waals surface area contributed by atoms with Crippen LogP contribution >= 0.6 is 93.8 Å². The summed E-state index contributed by atoms with van der Waals surface area (Å²) in [6.07, 6.45) is 2.92. The van der Waals surface area contributed by atoms with Crippen molar-refractivity contribution in [1.82, 2.24) is 31.1 Å². The maximum Gasteiger partial charge on any atom is 0.409 e. The normalized spacial score (nSPS) is 26.6. The van der Waals surface area contributed by atoms with E-state index in [1.54, 1.807) is 137 Å². The average molecular weight is 2250 g/mol. The van der Waals surface area contributed by atoms with Crippen LogP contribution in [0.25, 0.3) is 0 Å². The number of amides is 8. The molecule has 6 saturated heterocycles. The number of hydrogen-bond donors (Lipinski definition) is 7. The minimum Gasteiger partial charge on any atom is -0.495 e. The maximum absolute atomic E-state index is 14.3. The number of nitrogens with one attached hydrogen (secondary N) is 4. The van der Waals surface area contributed by atoms with Crippen molar-refractivity contribution in [3.63, 3.8) is 0 Å². The molecular formula is C100H146Cl2N10O31S6. The SMILES string of the molecule is COc1cc2cc(c1Cl)N(C)C(=O)C[C@H](OC(=O)[C@H](C)N(C)C(=O)CCSCC(=O)NCCOCCOCCCC(=O)CON)[C@]1(C)O[C@H]1C(C)[C@@H]1C[C@@](O)(NC(=O)O1)[C@H](OC)/C=C/C=C(\C)C2.COc1cc2cc(c1Cl)N(C)C(=O)C[C@H](OC(=O)[C@H](C)N(C)C(=O)CCSCC(=O)NCCOCCOCCCC(=O)CON=C1CSCSC1)[C@]1(C)O[C@H]1C(C)[C@@H]1C[C@@](O)(NC(=O)O1)[C@H](OC)/C=C/C=C(\C)C2.O=C1CSCSC1. The fraction of sp³-hybridized carbons (Fsp3) is 0.660. The Morgan fingerprint density at radius 2 is 0.966 bits per heavy atom. The molecule has 6 fully saturated rings. The molecule has 0 spiro atoms. The summed E-state index contributed by atoms with van der Waals surface area (Å²) in [5.74, 6) is 4.90. The summed E-state index contributed by atoms with van der Waals surface area (Å²) >= 11 is 23.1. The number of ketones is 3. The number of aliphatic hydroxyl groups is 2. The van der Waals surface area contributed by atoms with E-state index >= 15 is 0 Å². The van der Waals surface area contributed by atoms with Gasteiger partial charge in [0.2, 0.25) is 35.4 Å². The van der Waals surface area contributed by atoms with Crippen LogP contribution < -0.4 is 46.4 Å². The zero-order chi connectivity index (χ0) is 109. The number of Topliss-reactive ketones (excluding diaryl/α,β-unsaturated/α-hetero) is 3. The Hall–Kier alpha value is -8.02. The number of ether oxygens (including phenoxy) is 14. The number of alkyl carbamates (subject to hydrolysis) is 2. The highest BCUT2D eigenvalue weighted by molar-refractivity contribution is 8.18. The number of allylic oxidation sites excluding steroid dienone is 6. The minimum absolute atomic E-state index is 0.0247. The zero-order valence-corrected chi connectivity index (χ0v) is 93.9. The summed E-state index contributed by atoms with van der Waals surface area (Å²) in [5.41, 5.74) is -1.25. The molecule has 0 aliphatic carbocycles. The van der Waals surface area contributed by atoms with Gasteiger partial charge in [-0.05, 0) is 103 Å². The first kappa shape index (κ1) is 126. The molecule has 2 aromatic carbocycles. The van der Waals surface area contributed by atoms with Crippen molar-refractivity contribution in [2.75, 3.05) is 202 Å². The number of anilines is 2. The highest BCUT2D eigenvalue weighted by Gasteiger charge is 2.66. The first-order valence-corrected chi connectivity index (χ1v) is 56.7. The number of fused-ring (bicyclic) bond motifs is 10. The van der Waals surface area contributed by atoms with Gasteiger partial charge in [0.15, 0.2) is 35.4 Å². The molecule has 2 unspecified atom stereocenters. The molecule has 149 heavy (non-hydrogen) atoms. The number of rotatable bonds is 45. The first-order chi connectivity index (χ1) is 71.0.